The Bertz CT molecular complexity index is 364. The summed E-state index contributed by atoms with van der Waals surface area (Å²) in [6, 6.07) is 6.99. The van der Waals surface area contributed by atoms with Crippen molar-refractivity contribution in [3.63, 3.8) is 0 Å². The largest absolute Gasteiger partial charge is 0.374 e. The number of rotatable bonds is 1. The van der Waals surface area contributed by atoms with Gasteiger partial charge in [-0.3, -0.25) is 4.79 Å². The van der Waals surface area contributed by atoms with Gasteiger partial charge in [0.15, 0.2) is 5.60 Å². The van der Waals surface area contributed by atoms with Crippen LogP contribution in [0, 0.1) is 0 Å². The van der Waals surface area contributed by atoms with Crippen molar-refractivity contribution in [2.75, 3.05) is 11.9 Å². The Balaban J connectivity index is 2.59. The minimum absolute atomic E-state index is 0.101. The number of nitrogens with two attached hydrogens (primary N) is 1. The summed E-state index contributed by atoms with van der Waals surface area (Å²) in [5, 5.41) is 12.5. The predicted molar refractivity (Wildman–Crippen MR) is 48.0 cm³/mol. The van der Waals surface area contributed by atoms with E-state index in [-0.39, 0.29) is 6.54 Å². The van der Waals surface area contributed by atoms with Crippen molar-refractivity contribution in [2.45, 2.75) is 5.60 Å². The van der Waals surface area contributed by atoms with E-state index in [0.29, 0.717) is 11.3 Å². The second kappa shape index (κ2) is 2.55. The maximum atomic E-state index is 11.3. The monoisotopic (exact) mass is 178 g/mol. The van der Waals surface area contributed by atoms with Gasteiger partial charge < -0.3 is 16.2 Å². The van der Waals surface area contributed by atoms with E-state index >= 15 is 0 Å². The molecule has 4 nitrogen and oxygen atoms in total. The van der Waals surface area contributed by atoms with Crippen LogP contribution in [0.15, 0.2) is 24.3 Å². The van der Waals surface area contributed by atoms with E-state index in [2.05, 4.69) is 5.32 Å². The highest BCUT2D eigenvalue weighted by Crippen LogP contribution is 2.34. The first-order chi connectivity index (χ1) is 6.18. The maximum absolute atomic E-state index is 11.3. The molecule has 0 fully saturated rings. The Hall–Kier alpha value is -1.39. The molecule has 0 spiro atoms. The van der Waals surface area contributed by atoms with Crippen LogP contribution < -0.4 is 11.1 Å². The Labute approximate surface area is 75.4 Å². The van der Waals surface area contributed by atoms with Crippen molar-refractivity contribution in [2.24, 2.45) is 5.73 Å². The molecule has 1 unspecified atom stereocenters. The lowest BCUT2D eigenvalue weighted by Gasteiger charge is -2.17. The Morgan fingerprint density at radius 2 is 2.15 bits per heavy atom. The second-order valence-corrected chi connectivity index (χ2v) is 3.06. The molecular weight excluding hydrogens is 168 g/mol. The molecule has 1 amide bonds. The number of hydrogen-bond donors (Lipinski definition) is 3. The number of para-hydroxylation sites is 1. The molecule has 1 aromatic rings. The summed E-state index contributed by atoms with van der Waals surface area (Å²) in [4.78, 5) is 11.3. The summed E-state index contributed by atoms with van der Waals surface area (Å²) in [7, 11) is 0. The molecule has 1 atom stereocenters. The quantitative estimate of drug-likeness (QED) is 0.556. The van der Waals surface area contributed by atoms with Crippen molar-refractivity contribution in [3.05, 3.63) is 29.8 Å². The summed E-state index contributed by atoms with van der Waals surface area (Å²) in [6.07, 6.45) is 0. The zero-order chi connectivity index (χ0) is 9.47. The number of anilines is 1. The van der Waals surface area contributed by atoms with Gasteiger partial charge in [0.05, 0.1) is 0 Å². The molecule has 1 heterocycles. The van der Waals surface area contributed by atoms with Gasteiger partial charge in [-0.15, -0.1) is 0 Å². The molecule has 1 aromatic carbocycles. The van der Waals surface area contributed by atoms with Gasteiger partial charge in [0.2, 0.25) is 0 Å². The molecule has 0 bridgehead atoms. The van der Waals surface area contributed by atoms with Crippen LogP contribution in [0.5, 0.6) is 0 Å². The lowest BCUT2D eigenvalue weighted by Crippen LogP contribution is -2.41. The average molecular weight is 178 g/mol. The van der Waals surface area contributed by atoms with Gasteiger partial charge in [0, 0.05) is 17.8 Å². The predicted octanol–water partition coefficient (Wildman–Crippen LogP) is -0.215. The molecule has 1 aliphatic heterocycles. The molecule has 4 heteroatoms. The first-order valence-corrected chi connectivity index (χ1v) is 4.02. The summed E-state index contributed by atoms with van der Waals surface area (Å²) in [5.74, 6) is -0.448. The van der Waals surface area contributed by atoms with E-state index < -0.39 is 11.5 Å². The minimum Gasteiger partial charge on any atom is -0.374 e. The number of fused-ring (bicyclic) bond motifs is 1. The van der Waals surface area contributed by atoms with E-state index in [0.717, 1.165) is 0 Å². The summed E-state index contributed by atoms with van der Waals surface area (Å²) < 4.78 is 0. The van der Waals surface area contributed by atoms with Gasteiger partial charge in [0.1, 0.15) is 0 Å². The molecule has 68 valence electrons. The van der Waals surface area contributed by atoms with Crippen LogP contribution in [0.2, 0.25) is 0 Å². The van der Waals surface area contributed by atoms with Crippen LogP contribution in [-0.2, 0) is 10.4 Å². The van der Waals surface area contributed by atoms with E-state index in [4.69, 9.17) is 5.73 Å². The molecular formula is C9H10N2O2. The third-order valence-electron chi connectivity index (χ3n) is 2.29. The van der Waals surface area contributed by atoms with Gasteiger partial charge in [-0.25, -0.2) is 0 Å². The van der Waals surface area contributed by atoms with E-state index in [9.17, 15) is 9.90 Å². The number of nitrogens with one attached hydrogen (secondary N) is 1. The highest BCUT2D eigenvalue weighted by Gasteiger charge is 2.43. The minimum atomic E-state index is -1.55. The highest BCUT2D eigenvalue weighted by molar-refractivity contribution is 6.05. The number of carbonyl (C=O) groups excluding carboxylic acids is 1. The number of benzene rings is 1. The lowest BCUT2D eigenvalue weighted by atomic mass is 9.96. The molecule has 2 rings (SSSR count). The molecule has 0 saturated carbocycles. The zero-order valence-corrected chi connectivity index (χ0v) is 6.95. The van der Waals surface area contributed by atoms with E-state index in [1.807, 2.05) is 0 Å². The molecule has 0 saturated heterocycles. The second-order valence-electron chi connectivity index (χ2n) is 3.06. The standard InChI is InChI=1S/C9H10N2O2/c10-5-9(13)6-3-1-2-4-7(6)11-8(9)12/h1-4,13H,5,10H2,(H,11,12). The van der Waals surface area contributed by atoms with Gasteiger partial charge in [-0.1, -0.05) is 18.2 Å². The normalized spacial score (nSPS) is 25.5. The molecule has 0 aliphatic carbocycles. The van der Waals surface area contributed by atoms with E-state index in [1.54, 1.807) is 24.3 Å². The van der Waals surface area contributed by atoms with E-state index in [1.165, 1.54) is 0 Å². The van der Waals surface area contributed by atoms with Gasteiger partial charge >= 0.3 is 0 Å². The first kappa shape index (κ1) is 8.22. The first-order valence-electron chi connectivity index (χ1n) is 4.02. The fourth-order valence-corrected chi connectivity index (χ4v) is 1.50. The third-order valence-corrected chi connectivity index (χ3v) is 2.29. The smallest absolute Gasteiger partial charge is 0.262 e. The molecule has 0 radical (unpaired) electrons. The number of carbonyl (C=O) groups is 1. The third kappa shape index (κ3) is 0.961. The van der Waals surface area contributed by atoms with Crippen molar-refractivity contribution in [1.82, 2.24) is 0 Å². The fraction of sp³-hybridized carbons (Fsp3) is 0.222. The van der Waals surface area contributed by atoms with Crippen LogP contribution in [0.25, 0.3) is 0 Å². The van der Waals surface area contributed by atoms with Crippen LogP contribution in [0.1, 0.15) is 5.56 Å². The molecule has 13 heavy (non-hydrogen) atoms. The van der Waals surface area contributed by atoms with Crippen molar-refractivity contribution >= 4 is 11.6 Å². The lowest BCUT2D eigenvalue weighted by molar-refractivity contribution is -0.132. The van der Waals surface area contributed by atoms with Gasteiger partial charge in [0.25, 0.3) is 5.91 Å². The van der Waals surface area contributed by atoms with Crippen molar-refractivity contribution in [1.29, 1.82) is 0 Å². The van der Waals surface area contributed by atoms with Crippen LogP contribution in [0.3, 0.4) is 0 Å². The summed E-state index contributed by atoms with van der Waals surface area (Å²) in [5.41, 5.74) is 5.01. The molecule has 1 aliphatic rings. The highest BCUT2D eigenvalue weighted by atomic mass is 16.3. The van der Waals surface area contributed by atoms with Crippen LogP contribution in [0.4, 0.5) is 5.69 Å². The van der Waals surface area contributed by atoms with Crippen molar-refractivity contribution < 1.29 is 9.90 Å². The Morgan fingerprint density at radius 1 is 1.46 bits per heavy atom. The number of amides is 1. The fourth-order valence-electron chi connectivity index (χ4n) is 1.50. The number of hydrogen-bond acceptors (Lipinski definition) is 3. The zero-order valence-electron chi connectivity index (χ0n) is 6.95. The van der Waals surface area contributed by atoms with Gasteiger partial charge in [-0.05, 0) is 6.07 Å². The van der Waals surface area contributed by atoms with Gasteiger partial charge in [-0.2, -0.15) is 0 Å². The summed E-state index contributed by atoms with van der Waals surface area (Å²) >= 11 is 0. The molecule has 4 N–H and O–H groups in total. The SMILES string of the molecule is NCC1(O)C(=O)Nc2ccccc21. The molecule has 0 aromatic heterocycles. The number of aliphatic hydroxyl groups is 1. The van der Waals surface area contributed by atoms with Crippen molar-refractivity contribution in [3.8, 4) is 0 Å². The van der Waals surface area contributed by atoms with Crippen LogP contribution in [-0.4, -0.2) is 17.6 Å². The topological polar surface area (TPSA) is 75.3 Å². The average Bonchev–Trinajstić information content (AvgIpc) is 2.41. The Kier molecular flexibility index (Phi) is 1.61. The Morgan fingerprint density at radius 3 is 2.85 bits per heavy atom. The maximum Gasteiger partial charge on any atom is 0.262 e. The summed E-state index contributed by atoms with van der Waals surface area (Å²) in [6.45, 7) is -0.101. The van der Waals surface area contributed by atoms with Crippen LogP contribution >= 0.6 is 0 Å².